The Balaban J connectivity index is 0.00000243. The molecule has 0 saturated heterocycles. The first kappa shape index (κ1) is 19.8. The van der Waals surface area contributed by atoms with Gasteiger partial charge in [0.25, 0.3) is 0 Å². The van der Waals surface area contributed by atoms with E-state index in [0.717, 1.165) is 5.56 Å². The lowest BCUT2D eigenvalue weighted by Gasteiger charge is -2.10. The fourth-order valence-corrected chi connectivity index (χ4v) is 2.67. The Hall–Kier alpha value is -2.54. The molecular formula is C19H20ClNO5. The predicted octanol–water partition coefficient (Wildman–Crippen LogP) is 2.68. The van der Waals surface area contributed by atoms with Crippen molar-refractivity contribution in [3.63, 3.8) is 0 Å². The first-order chi connectivity index (χ1) is 12.1. The second-order valence-electron chi connectivity index (χ2n) is 5.56. The van der Waals surface area contributed by atoms with Gasteiger partial charge in [0, 0.05) is 18.5 Å². The molecule has 0 saturated carbocycles. The maximum Gasteiger partial charge on any atom is 0.344 e. The summed E-state index contributed by atoms with van der Waals surface area (Å²) < 4.78 is 10.6. The fraction of sp³-hybridized carbons (Fsp3) is 0.211. The number of halogens is 1. The number of methoxy groups -OCH3 is 1. The molecule has 6 nitrogen and oxygen atoms in total. The normalized spacial score (nSPS) is 10.5. The van der Waals surface area contributed by atoms with Crippen molar-refractivity contribution >= 4 is 23.4 Å². The van der Waals surface area contributed by atoms with Crippen LogP contribution in [0.2, 0.25) is 0 Å². The van der Waals surface area contributed by atoms with Gasteiger partial charge in [0.15, 0.2) is 0 Å². The lowest BCUT2D eigenvalue weighted by atomic mass is 10.0. The van der Waals surface area contributed by atoms with Gasteiger partial charge < -0.3 is 24.7 Å². The van der Waals surface area contributed by atoms with E-state index < -0.39 is 5.63 Å². The zero-order valence-electron chi connectivity index (χ0n) is 14.2. The number of benzene rings is 2. The lowest BCUT2D eigenvalue weighted by molar-refractivity contribution is 0.291. The number of hydrogen-bond acceptors (Lipinski definition) is 6. The number of phenols is 1. The average molecular weight is 378 g/mol. The third kappa shape index (κ3) is 3.99. The van der Waals surface area contributed by atoms with Gasteiger partial charge in [0.1, 0.15) is 17.1 Å². The molecular weight excluding hydrogens is 358 g/mol. The monoisotopic (exact) mass is 377 g/mol. The maximum atomic E-state index is 12.4. The Kier molecular flexibility index (Phi) is 6.63. The van der Waals surface area contributed by atoms with Crippen LogP contribution in [-0.2, 0) is 6.54 Å². The van der Waals surface area contributed by atoms with Gasteiger partial charge in [-0.25, -0.2) is 4.79 Å². The van der Waals surface area contributed by atoms with Gasteiger partial charge in [-0.1, -0.05) is 12.1 Å². The van der Waals surface area contributed by atoms with Crippen molar-refractivity contribution in [1.82, 2.24) is 5.32 Å². The zero-order valence-corrected chi connectivity index (χ0v) is 15.0. The second-order valence-corrected chi connectivity index (χ2v) is 5.56. The minimum Gasteiger partial charge on any atom is -0.507 e. The van der Waals surface area contributed by atoms with E-state index in [-0.39, 0.29) is 31.3 Å². The summed E-state index contributed by atoms with van der Waals surface area (Å²) in [5.41, 5.74) is 1.52. The fourth-order valence-electron chi connectivity index (χ4n) is 2.67. The van der Waals surface area contributed by atoms with Crippen LogP contribution in [-0.4, -0.2) is 30.5 Å². The standard InChI is InChI=1S/C19H19NO5.ClH/c1-24-14-5-2-12(3-6-14)15-10-13-4-7-17(22)16(11-20-8-9-21)18(13)25-19(15)23;/h2-7,10,20-22H,8-9,11H2,1H3;1H. The summed E-state index contributed by atoms with van der Waals surface area (Å²) in [5.74, 6) is 0.745. The Labute approximate surface area is 156 Å². The van der Waals surface area contributed by atoms with Crippen molar-refractivity contribution in [3.8, 4) is 22.6 Å². The van der Waals surface area contributed by atoms with Crippen LogP contribution < -0.4 is 15.7 Å². The number of fused-ring (bicyclic) bond motifs is 1. The summed E-state index contributed by atoms with van der Waals surface area (Å²) in [5, 5.41) is 22.6. The van der Waals surface area contributed by atoms with Gasteiger partial charge in [-0.05, 0) is 35.9 Å². The SMILES string of the molecule is COc1ccc(-c2cc3ccc(O)c(CNCCO)c3oc2=O)cc1.Cl. The van der Waals surface area contributed by atoms with Crippen molar-refractivity contribution in [2.75, 3.05) is 20.3 Å². The lowest BCUT2D eigenvalue weighted by Crippen LogP contribution is -2.18. The molecule has 0 atom stereocenters. The Morgan fingerprint density at radius 1 is 1.15 bits per heavy atom. The molecule has 26 heavy (non-hydrogen) atoms. The first-order valence-electron chi connectivity index (χ1n) is 7.88. The third-order valence-electron chi connectivity index (χ3n) is 3.97. The molecule has 2 aromatic carbocycles. The smallest absolute Gasteiger partial charge is 0.344 e. The van der Waals surface area contributed by atoms with Crippen molar-refractivity contribution in [2.24, 2.45) is 0 Å². The molecule has 0 aliphatic rings. The molecule has 0 radical (unpaired) electrons. The number of aromatic hydroxyl groups is 1. The van der Waals surface area contributed by atoms with Gasteiger partial charge in [-0.2, -0.15) is 0 Å². The van der Waals surface area contributed by atoms with Crippen molar-refractivity contribution in [1.29, 1.82) is 0 Å². The number of hydrogen-bond donors (Lipinski definition) is 3. The molecule has 0 aliphatic heterocycles. The number of aliphatic hydroxyl groups excluding tert-OH is 1. The van der Waals surface area contributed by atoms with Gasteiger partial charge in [-0.3, -0.25) is 0 Å². The van der Waals surface area contributed by atoms with Gasteiger partial charge in [0.05, 0.1) is 24.8 Å². The Morgan fingerprint density at radius 3 is 2.54 bits per heavy atom. The van der Waals surface area contributed by atoms with Gasteiger partial charge >= 0.3 is 5.63 Å². The van der Waals surface area contributed by atoms with E-state index in [2.05, 4.69) is 5.32 Å². The maximum absolute atomic E-state index is 12.4. The molecule has 3 N–H and O–H groups in total. The molecule has 0 amide bonds. The highest BCUT2D eigenvalue weighted by Gasteiger charge is 2.13. The minimum atomic E-state index is -0.480. The van der Waals surface area contributed by atoms with Crippen LogP contribution in [0.3, 0.4) is 0 Å². The molecule has 7 heteroatoms. The molecule has 1 aromatic heterocycles. The van der Waals surface area contributed by atoms with E-state index in [0.29, 0.717) is 34.4 Å². The zero-order chi connectivity index (χ0) is 17.8. The van der Waals surface area contributed by atoms with Crippen molar-refractivity contribution < 1.29 is 19.4 Å². The molecule has 0 spiro atoms. The van der Waals surface area contributed by atoms with Crippen LogP contribution in [0.25, 0.3) is 22.1 Å². The molecule has 0 aliphatic carbocycles. The second kappa shape index (κ2) is 8.71. The molecule has 138 valence electrons. The van der Waals surface area contributed by atoms with E-state index in [1.165, 1.54) is 0 Å². The summed E-state index contributed by atoms with van der Waals surface area (Å²) in [6, 6.07) is 12.2. The molecule has 0 fully saturated rings. The summed E-state index contributed by atoms with van der Waals surface area (Å²) in [6.45, 7) is 0.648. The number of nitrogens with one attached hydrogen (secondary N) is 1. The van der Waals surface area contributed by atoms with Crippen LogP contribution in [0.15, 0.2) is 51.7 Å². The summed E-state index contributed by atoms with van der Waals surface area (Å²) in [6.07, 6.45) is 0. The first-order valence-corrected chi connectivity index (χ1v) is 7.88. The van der Waals surface area contributed by atoms with Crippen LogP contribution in [0, 0.1) is 0 Å². The molecule has 1 heterocycles. The highest BCUT2D eigenvalue weighted by molar-refractivity contribution is 5.86. The number of phenolic OH excluding ortho intramolecular Hbond substituents is 1. The molecule has 3 rings (SSSR count). The third-order valence-corrected chi connectivity index (χ3v) is 3.97. The van der Waals surface area contributed by atoms with E-state index in [4.69, 9.17) is 14.3 Å². The minimum absolute atomic E-state index is 0. The van der Waals surface area contributed by atoms with Crippen molar-refractivity contribution in [3.05, 3.63) is 58.4 Å². The Bertz CT molecular complexity index is 937. The highest BCUT2D eigenvalue weighted by atomic mass is 35.5. The predicted molar refractivity (Wildman–Crippen MR) is 102 cm³/mol. The van der Waals surface area contributed by atoms with E-state index in [1.54, 1.807) is 49.6 Å². The average Bonchev–Trinajstić information content (AvgIpc) is 2.63. The molecule has 0 bridgehead atoms. The summed E-state index contributed by atoms with van der Waals surface area (Å²) in [7, 11) is 1.58. The van der Waals surface area contributed by atoms with Crippen LogP contribution in [0.5, 0.6) is 11.5 Å². The van der Waals surface area contributed by atoms with Crippen molar-refractivity contribution in [2.45, 2.75) is 6.54 Å². The van der Waals surface area contributed by atoms with Crippen LogP contribution >= 0.6 is 12.4 Å². The number of rotatable bonds is 6. The quantitative estimate of drug-likeness (QED) is 0.452. The van der Waals surface area contributed by atoms with E-state index in [1.807, 2.05) is 0 Å². The highest BCUT2D eigenvalue weighted by Crippen LogP contribution is 2.29. The van der Waals surface area contributed by atoms with E-state index >= 15 is 0 Å². The largest absolute Gasteiger partial charge is 0.507 e. The topological polar surface area (TPSA) is 91.9 Å². The summed E-state index contributed by atoms with van der Waals surface area (Å²) >= 11 is 0. The number of ether oxygens (including phenoxy) is 1. The van der Waals surface area contributed by atoms with Crippen LogP contribution in [0.4, 0.5) is 0 Å². The van der Waals surface area contributed by atoms with Gasteiger partial charge in [-0.15, -0.1) is 12.4 Å². The summed E-state index contributed by atoms with van der Waals surface area (Å²) in [4.78, 5) is 12.4. The van der Waals surface area contributed by atoms with E-state index in [9.17, 15) is 9.90 Å². The Morgan fingerprint density at radius 2 is 1.88 bits per heavy atom. The van der Waals surface area contributed by atoms with Crippen LogP contribution in [0.1, 0.15) is 5.56 Å². The van der Waals surface area contributed by atoms with Gasteiger partial charge in [0.2, 0.25) is 0 Å². The molecule has 3 aromatic rings. The number of aliphatic hydroxyl groups is 1. The molecule has 0 unspecified atom stereocenters.